The first-order chi connectivity index (χ1) is 8.50. The summed E-state index contributed by atoms with van der Waals surface area (Å²) in [5, 5.41) is 0. The zero-order valence-electron chi connectivity index (χ0n) is 10.6. The predicted octanol–water partition coefficient (Wildman–Crippen LogP) is 3.01. The first kappa shape index (κ1) is 12.5. The van der Waals surface area contributed by atoms with E-state index < -0.39 is 0 Å². The molecule has 0 aliphatic rings. The molecule has 94 valence electrons. The Morgan fingerprint density at radius 1 is 1.33 bits per heavy atom. The average molecular weight is 246 g/mol. The molecular formula is C14H15FN2O. The van der Waals surface area contributed by atoms with Crippen molar-refractivity contribution in [2.45, 2.75) is 26.7 Å². The lowest BCUT2D eigenvalue weighted by Crippen LogP contribution is -2.16. The van der Waals surface area contributed by atoms with Crippen molar-refractivity contribution in [2.24, 2.45) is 0 Å². The zero-order chi connectivity index (χ0) is 13.3. The number of aromatic amines is 1. The number of hydrogen-bond acceptors (Lipinski definition) is 2. The van der Waals surface area contributed by atoms with E-state index in [-0.39, 0.29) is 17.3 Å². The second kappa shape index (κ2) is 4.72. The summed E-state index contributed by atoms with van der Waals surface area (Å²) < 4.78 is 13.1. The van der Waals surface area contributed by atoms with Crippen LogP contribution in [0, 0.1) is 12.7 Å². The SMILES string of the molecule is Cc1cc(F)ccc1-c1nc[nH]c(=O)c1C(C)C. The normalized spacial score (nSPS) is 10.9. The standard InChI is InChI=1S/C14H15FN2O/c1-8(2)12-13(16-7-17-14(12)18)11-5-4-10(15)6-9(11)3/h4-8H,1-3H3,(H,16,17,18). The van der Waals surface area contributed by atoms with E-state index in [0.29, 0.717) is 11.3 Å². The molecule has 1 aromatic heterocycles. The van der Waals surface area contributed by atoms with Crippen molar-refractivity contribution in [1.82, 2.24) is 9.97 Å². The number of aromatic nitrogens is 2. The molecule has 2 aromatic rings. The highest BCUT2D eigenvalue weighted by Gasteiger charge is 2.15. The van der Waals surface area contributed by atoms with Crippen molar-refractivity contribution in [2.75, 3.05) is 0 Å². The van der Waals surface area contributed by atoms with Gasteiger partial charge in [-0.2, -0.15) is 0 Å². The van der Waals surface area contributed by atoms with E-state index in [0.717, 1.165) is 11.1 Å². The van der Waals surface area contributed by atoms with Gasteiger partial charge in [-0.15, -0.1) is 0 Å². The quantitative estimate of drug-likeness (QED) is 0.885. The molecular weight excluding hydrogens is 231 g/mol. The summed E-state index contributed by atoms with van der Waals surface area (Å²) in [6.07, 6.45) is 1.38. The topological polar surface area (TPSA) is 45.8 Å². The lowest BCUT2D eigenvalue weighted by Gasteiger charge is -2.12. The van der Waals surface area contributed by atoms with Gasteiger partial charge in [-0.3, -0.25) is 4.79 Å². The maximum absolute atomic E-state index is 13.1. The van der Waals surface area contributed by atoms with Gasteiger partial charge in [-0.1, -0.05) is 13.8 Å². The maximum Gasteiger partial charge on any atom is 0.254 e. The van der Waals surface area contributed by atoms with Gasteiger partial charge in [0.2, 0.25) is 0 Å². The largest absolute Gasteiger partial charge is 0.313 e. The minimum atomic E-state index is -0.285. The highest BCUT2D eigenvalue weighted by atomic mass is 19.1. The summed E-state index contributed by atoms with van der Waals surface area (Å²) in [7, 11) is 0. The Bertz CT molecular complexity index is 632. The third-order valence-electron chi connectivity index (χ3n) is 2.91. The fourth-order valence-corrected chi connectivity index (χ4v) is 2.05. The monoisotopic (exact) mass is 246 g/mol. The van der Waals surface area contributed by atoms with Crippen LogP contribution in [0.2, 0.25) is 0 Å². The van der Waals surface area contributed by atoms with E-state index in [1.165, 1.54) is 18.5 Å². The Kier molecular flexibility index (Phi) is 3.28. The molecule has 0 bridgehead atoms. The van der Waals surface area contributed by atoms with Gasteiger partial charge in [-0.05, 0) is 36.6 Å². The van der Waals surface area contributed by atoms with Gasteiger partial charge in [0, 0.05) is 11.1 Å². The first-order valence-corrected chi connectivity index (χ1v) is 5.84. The van der Waals surface area contributed by atoms with Crippen LogP contribution in [0.5, 0.6) is 0 Å². The Morgan fingerprint density at radius 2 is 2.06 bits per heavy atom. The van der Waals surface area contributed by atoms with Crippen LogP contribution in [0.25, 0.3) is 11.3 Å². The number of benzene rings is 1. The number of aryl methyl sites for hydroxylation is 1. The molecule has 0 radical (unpaired) electrons. The molecule has 3 nitrogen and oxygen atoms in total. The molecule has 1 N–H and O–H groups in total. The number of nitrogens with one attached hydrogen (secondary N) is 1. The van der Waals surface area contributed by atoms with Crippen molar-refractivity contribution < 1.29 is 4.39 Å². The van der Waals surface area contributed by atoms with Gasteiger partial charge < -0.3 is 4.98 Å². The van der Waals surface area contributed by atoms with Crippen molar-refractivity contribution >= 4 is 0 Å². The lowest BCUT2D eigenvalue weighted by atomic mass is 9.96. The van der Waals surface area contributed by atoms with E-state index in [9.17, 15) is 9.18 Å². The molecule has 0 saturated heterocycles. The molecule has 0 atom stereocenters. The summed E-state index contributed by atoms with van der Waals surface area (Å²) in [6.45, 7) is 5.69. The van der Waals surface area contributed by atoms with Gasteiger partial charge in [0.05, 0.1) is 12.0 Å². The van der Waals surface area contributed by atoms with Gasteiger partial charge in [0.1, 0.15) is 5.82 Å². The molecule has 0 spiro atoms. The van der Waals surface area contributed by atoms with E-state index in [1.54, 1.807) is 6.07 Å². The fraction of sp³-hybridized carbons (Fsp3) is 0.286. The number of H-pyrrole nitrogens is 1. The molecule has 0 fully saturated rings. The Balaban J connectivity index is 2.71. The van der Waals surface area contributed by atoms with Crippen LogP contribution in [0.1, 0.15) is 30.9 Å². The number of hydrogen-bond donors (Lipinski definition) is 1. The highest BCUT2D eigenvalue weighted by molar-refractivity contribution is 5.66. The van der Waals surface area contributed by atoms with Crippen molar-refractivity contribution in [1.29, 1.82) is 0 Å². The number of halogens is 1. The number of nitrogens with zero attached hydrogens (tertiary/aromatic N) is 1. The van der Waals surface area contributed by atoms with Crippen molar-refractivity contribution in [3.05, 3.63) is 51.8 Å². The van der Waals surface area contributed by atoms with Crippen LogP contribution in [0.4, 0.5) is 4.39 Å². The molecule has 1 heterocycles. The molecule has 0 amide bonds. The van der Waals surface area contributed by atoms with Gasteiger partial charge in [0.15, 0.2) is 0 Å². The molecule has 2 rings (SSSR count). The molecule has 0 aliphatic heterocycles. The Hall–Kier alpha value is -1.97. The van der Waals surface area contributed by atoms with E-state index in [2.05, 4.69) is 9.97 Å². The van der Waals surface area contributed by atoms with Crippen LogP contribution in [-0.2, 0) is 0 Å². The Morgan fingerprint density at radius 3 is 2.67 bits per heavy atom. The molecule has 0 unspecified atom stereocenters. The first-order valence-electron chi connectivity index (χ1n) is 5.84. The summed E-state index contributed by atoms with van der Waals surface area (Å²) in [4.78, 5) is 18.7. The lowest BCUT2D eigenvalue weighted by molar-refractivity contribution is 0.627. The second-order valence-electron chi connectivity index (χ2n) is 4.61. The van der Waals surface area contributed by atoms with Crippen LogP contribution < -0.4 is 5.56 Å². The van der Waals surface area contributed by atoms with Crippen LogP contribution in [0.3, 0.4) is 0 Å². The van der Waals surface area contributed by atoms with Crippen LogP contribution >= 0.6 is 0 Å². The summed E-state index contributed by atoms with van der Waals surface area (Å²) >= 11 is 0. The second-order valence-corrected chi connectivity index (χ2v) is 4.61. The number of rotatable bonds is 2. The molecule has 18 heavy (non-hydrogen) atoms. The zero-order valence-corrected chi connectivity index (χ0v) is 10.6. The summed E-state index contributed by atoms with van der Waals surface area (Å²) in [5.74, 6) is -0.228. The van der Waals surface area contributed by atoms with E-state index >= 15 is 0 Å². The van der Waals surface area contributed by atoms with Gasteiger partial charge in [-0.25, -0.2) is 9.37 Å². The average Bonchev–Trinajstić information content (AvgIpc) is 2.28. The smallest absolute Gasteiger partial charge is 0.254 e. The van der Waals surface area contributed by atoms with Crippen LogP contribution in [0.15, 0.2) is 29.3 Å². The highest BCUT2D eigenvalue weighted by Crippen LogP contribution is 2.27. The van der Waals surface area contributed by atoms with E-state index in [4.69, 9.17) is 0 Å². The summed E-state index contributed by atoms with van der Waals surface area (Å²) in [5.41, 5.74) is 2.69. The van der Waals surface area contributed by atoms with Crippen molar-refractivity contribution in [3.63, 3.8) is 0 Å². The van der Waals surface area contributed by atoms with E-state index in [1.807, 2.05) is 20.8 Å². The molecule has 0 saturated carbocycles. The molecule has 4 heteroatoms. The minimum absolute atomic E-state index is 0.0573. The van der Waals surface area contributed by atoms with Crippen molar-refractivity contribution in [3.8, 4) is 11.3 Å². The van der Waals surface area contributed by atoms with Gasteiger partial charge in [0.25, 0.3) is 5.56 Å². The third kappa shape index (κ3) is 2.18. The fourth-order valence-electron chi connectivity index (χ4n) is 2.05. The maximum atomic E-state index is 13.1. The van der Waals surface area contributed by atoms with Crippen LogP contribution in [-0.4, -0.2) is 9.97 Å². The van der Waals surface area contributed by atoms with Gasteiger partial charge >= 0.3 is 0 Å². The summed E-state index contributed by atoms with van der Waals surface area (Å²) in [6, 6.07) is 4.50. The minimum Gasteiger partial charge on any atom is -0.313 e. The molecule has 0 aliphatic carbocycles. The molecule has 1 aromatic carbocycles. The third-order valence-corrected chi connectivity index (χ3v) is 2.91. The predicted molar refractivity (Wildman–Crippen MR) is 69.1 cm³/mol. The Labute approximate surface area is 105 Å².